The molecule has 0 unspecified atom stereocenters. The van der Waals surface area contributed by atoms with E-state index in [0.717, 1.165) is 11.0 Å². The van der Waals surface area contributed by atoms with E-state index in [9.17, 15) is 4.79 Å². The Hall–Kier alpha value is -2.77. The molecule has 2 rings (SSSR count). The summed E-state index contributed by atoms with van der Waals surface area (Å²) in [7, 11) is 1.30. The van der Waals surface area contributed by atoms with Crippen LogP contribution >= 0.6 is 0 Å². The second kappa shape index (κ2) is 6.09. The van der Waals surface area contributed by atoms with Gasteiger partial charge in [0.15, 0.2) is 0 Å². The average molecular weight is 252 g/mol. The number of anilines is 1. The fourth-order valence-corrected chi connectivity index (χ4v) is 1.16. The Morgan fingerprint density at radius 2 is 2.06 bits per heavy atom. The maximum atomic E-state index is 10.9. The van der Waals surface area contributed by atoms with E-state index in [1.165, 1.54) is 7.11 Å². The molecule has 8 heteroatoms. The first-order chi connectivity index (χ1) is 8.52. The van der Waals surface area contributed by atoms with Crippen LogP contribution in [-0.4, -0.2) is 34.4 Å². The van der Waals surface area contributed by atoms with Crippen molar-refractivity contribution in [1.29, 1.82) is 0 Å². The number of amides is 2. The van der Waals surface area contributed by atoms with Gasteiger partial charge in [0.1, 0.15) is 0 Å². The van der Waals surface area contributed by atoms with Gasteiger partial charge >= 0.3 is 12.2 Å². The van der Waals surface area contributed by atoms with Crippen LogP contribution in [0.1, 0.15) is 0 Å². The average Bonchev–Trinajstić information content (AvgIpc) is 2.70. The van der Waals surface area contributed by atoms with Crippen LogP contribution in [0.5, 0.6) is 0 Å². The predicted molar refractivity (Wildman–Crippen MR) is 64.3 cm³/mol. The number of hydrogen-bond donors (Lipinski definition) is 4. The zero-order valence-corrected chi connectivity index (χ0v) is 9.51. The van der Waals surface area contributed by atoms with E-state index in [4.69, 9.17) is 9.90 Å². The number of nitrogens with zero attached hydrogens (tertiary/aromatic N) is 1. The second-order valence-corrected chi connectivity index (χ2v) is 3.06. The summed E-state index contributed by atoms with van der Waals surface area (Å²) >= 11 is 0. The highest BCUT2D eigenvalue weighted by Gasteiger charge is 2.04. The lowest BCUT2D eigenvalue weighted by Gasteiger charge is -1.96. The van der Waals surface area contributed by atoms with E-state index in [2.05, 4.69) is 25.8 Å². The molecule has 0 bridgehead atoms. The number of aromatic nitrogens is 2. The molecule has 18 heavy (non-hydrogen) atoms. The van der Waals surface area contributed by atoms with E-state index in [0.29, 0.717) is 5.95 Å². The van der Waals surface area contributed by atoms with E-state index in [1.807, 2.05) is 24.3 Å². The van der Waals surface area contributed by atoms with Gasteiger partial charge < -0.3 is 20.6 Å². The first-order valence-electron chi connectivity index (χ1n) is 4.81. The van der Waals surface area contributed by atoms with Gasteiger partial charge in [-0.15, -0.1) is 0 Å². The quantitative estimate of drug-likeness (QED) is 0.608. The Balaban J connectivity index is 0.000000357. The Kier molecular flexibility index (Phi) is 4.50. The van der Waals surface area contributed by atoms with Gasteiger partial charge in [0.05, 0.1) is 18.1 Å². The molecule has 0 saturated carbocycles. The number of fused-ring (bicyclic) bond motifs is 1. The van der Waals surface area contributed by atoms with Gasteiger partial charge in [-0.1, -0.05) is 12.1 Å². The molecule has 0 fully saturated rings. The SMILES string of the molecule is COC(=O)Nc1nc2ccccc2[nH]1.NC(=O)O. The maximum Gasteiger partial charge on any atom is 0.413 e. The molecular weight excluding hydrogens is 240 g/mol. The normalized spacial score (nSPS) is 9.17. The molecule has 2 aromatic rings. The Morgan fingerprint density at radius 3 is 2.61 bits per heavy atom. The molecule has 0 aliphatic heterocycles. The molecule has 1 heterocycles. The standard InChI is InChI=1S/C9H9N3O2.CH3NO2/c1-14-9(13)12-8-10-6-4-2-3-5-7(6)11-8;2-1(3)4/h2-5H,1H3,(H2,10,11,12,13);2H2,(H,3,4). The molecule has 5 N–H and O–H groups in total. The third-order valence-corrected chi connectivity index (χ3v) is 1.80. The van der Waals surface area contributed by atoms with Gasteiger partial charge in [-0.05, 0) is 12.1 Å². The van der Waals surface area contributed by atoms with Gasteiger partial charge in [-0.2, -0.15) is 0 Å². The Morgan fingerprint density at radius 1 is 1.44 bits per heavy atom. The van der Waals surface area contributed by atoms with Crippen molar-refractivity contribution in [3.63, 3.8) is 0 Å². The number of ether oxygens (including phenoxy) is 1. The highest BCUT2D eigenvalue weighted by molar-refractivity contribution is 5.85. The number of nitrogens with one attached hydrogen (secondary N) is 2. The number of H-pyrrole nitrogens is 1. The van der Waals surface area contributed by atoms with Crippen LogP contribution in [-0.2, 0) is 4.74 Å². The lowest BCUT2D eigenvalue weighted by molar-refractivity contribution is 0.186. The number of carboxylic acid groups (broad SMARTS) is 1. The molecule has 0 spiro atoms. The largest absolute Gasteiger partial charge is 0.465 e. The van der Waals surface area contributed by atoms with Gasteiger partial charge in [-0.25, -0.2) is 14.6 Å². The monoisotopic (exact) mass is 252 g/mol. The highest BCUT2D eigenvalue weighted by Crippen LogP contribution is 2.12. The predicted octanol–water partition coefficient (Wildman–Crippen LogP) is 1.36. The first kappa shape index (κ1) is 13.3. The highest BCUT2D eigenvalue weighted by atomic mass is 16.5. The number of carbonyl (C=O) groups is 2. The zero-order chi connectivity index (χ0) is 13.5. The molecule has 1 aromatic heterocycles. The number of benzene rings is 1. The lowest BCUT2D eigenvalue weighted by Crippen LogP contribution is -2.11. The van der Waals surface area contributed by atoms with Crippen molar-refractivity contribution in [2.75, 3.05) is 12.4 Å². The number of primary amides is 1. The van der Waals surface area contributed by atoms with E-state index < -0.39 is 12.2 Å². The fraction of sp³-hybridized carbons (Fsp3) is 0.100. The molecule has 0 saturated heterocycles. The maximum absolute atomic E-state index is 10.9. The summed E-state index contributed by atoms with van der Waals surface area (Å²) < 4.78 is 4.44. The summed E-state index contributed by atoms with van der Waals surface area (Å²) in [6, 6.07) is 7.51. The number of carbonyl (C=O) groups excluding carboxylic acids is 1. The lowest BCUT2D eigenvalue weighted by atomic mass is 10.3. The van der Waals surface area contributed by atoms with Gasteiger partial charge in [0, 0.05) is 0 Å². The summed E-state index contributed by atoms with van der Waals surface area (Å²) in [4.78, 5) is 26.7. The number of aromatic amines is 1. The molecule has 96 valence electrons. The Bertz CT molecular complexity index is 515. The number of imidazole rings is 1. The molecule has 0 aliphatic rings. The van der Waals surface area contributed by atoms with Crippen molar-refractivity contribution in [2.24, 2.45) is 5.73 Å². The summed E-state index contributed by atoms with van der Waals surface area (Å²) in [6.07, 6.45) is -1.87. The van der Waals surface area contributed by atoms with Crippen LogP contribution in [0.2, 0.25) is 0 Å². The third-order valence-electron chi connectivity index (χ3n) is 1.80. The van der Waals surface area contributed by atoms with Crippen LogP contribution in [0.25, 0.3) is 11.0 Å². The molecular formula is C10H12N4O4. The van der Waals surface area contributed by atoms with E-state index in [1.54, 1.807) is 0 Å². The van der Waals surface area contributed by atoms with E-state index >= 15 is 0 Å². The van der Waals surface area contributed by atoms with Crippen molar-refractivity contribution in [2.45, 2.75) is 0 Å². The van der Waals surface area contributed by atoms with Gasteiger partial charge in [0.25, 0.3) is 0 Å². The minimum Gasteiger partial charge on any atom is -0.465 e. The second-order valence-electron chi connectivity index (χ2n) is 3.06. The first-order valence-corrected chi connectivity index (χ1v) is 4.81. The minimum absolute atomic E-state index is 0.387. The van der Waals surface area contributed by atoms with Crippen LogP contribution in [0.15, 0.2) is 24.3 Å². The van der Waals surface area contributed by atoms with Crippen molar-refractivity contribution in [1.82, 2.24) is 9.97 Å². The molecule has 0 atom stereocenters. The summed E-state index contributed by atoms with van der Waals surface area (Å²) in [5, 5.41) is 9.65. The van der Waals surface area contributed by atoms with Crippen LogP contribution in [0.3, 0.4) is 0 Å². The number of methoxy groups -OCH3 is 1. The number of rotatable bonds is 1. The summed E-state index contributed by atoms with van der Waals surface area (Å²) in [6.45, 7) is 0. The van der Waals surface area contributed by atoms with Crippen molar-refractivity contribution >= 4 is 29.2 Å². The van der Waals surface area contributed by atoms with E-state index in [-0.39, 0.29) is 0 Å². The van der Waals surface area contributed by atoms with Crippen LogP contribution in [0.4, 0.5) is 15.5 Å². The number of hydrogen-bond acceptors (Lipinski definition) is 4. The topological polar surface area (TPSA) is 130 Å². The molecule has 0 radical (unpaired) electrons. The summed E-state index contributed by atoms with van der Waals surface area (Å²) in [5.74, 6) is 0.387. The molecule has 0 aliphatic carbocycles. The minimum atomic E-state index is -1.33. The van der Waals surface area contributed by atoms with Crippen LogP contribution in [0, 0.1) is 0 Å². The van der Waals surface area contributed by atoms with Gasteiger partial charge in [0.2, 0.25) is 5.95 Å². The third kappa shape index (κ3) is 4.00. The fourth-order valence-electron chi connectivity index (χ4n) is 1.16. The number of para-hydroxylation sites is 2. The number of nitrogens with two attached hydrogens (primary N) is 1. The van der Waals surface area contributed by atoms with Crippen molar-refractivity contribution < 1.29 is 19.4 Å². The smallest absolute Gasteiger partial charge is 0.413 e. The Labute approximate surface area is 102 Å². The van der Waals surface area contributed by atoms with Crippen molar-refractivity contribution in [3.8, 4) is 0 Å². The zero-order valence-electron chi connectivity index (χ0n) is 9.51. The molecule has 2 amide bonds. The molecule has 1 aromatic carbocycles. The van der Waals surface area contributed by atoms with Crippen molar-refractivity contribution in [3.05, 3.63) is 24.3 Å². The van der Waals surface area contributed by atoms with Crippen LogP contribution < -0.4 is 11.1 Å². The van der Waals surface area contributed by atoms with Gasteiger partial charge in [-0.3, -0.25) is 5.32 Å². The summed E-state index contributed by atoms with van der Waals surface area (Å²) in [5.41, 5.74) is 5.71. The molecule has 8 nitrogen and oxygen atoms in total.